The quantitative estimate of drug-likeness (QED) is 0.342. The summed E-state index contributed by atoms with van der Waals surface area (Å²) in [5, 5.41) is 0.412. The molecule has 70 valence electrons. The number of benzene rings is 1. The van der Waals surface area contributed by atoms with Gasteiger partial charge in [0.2, 0.25) is 0 Å². The lowest BCUT2D eigenvalue weighted by Gasteiger charge is -2.03. The van der Waals surface area contributed by atoms with Crippen molar-refractivity contribution in [1.29, 1.82) is 0 Å². The van der Waals surface area contributed by atoms with Gasteiger partial charge in [-0.1, -0.05) is 11.6 Å². The summed E-state index contributed by atoms with van der Waals surface area (Å²) in [5.41, 5.74) is 2.42. The van der Waals surface area contributed by atoms with E-state index in [1.165, 1.54) is 0 Å². The number of carbonyl (C=O) groups is 1. The fourth-order valence-electron chi connectivity index (χ4n) is 0.885. The van der Waals surface area contributed by atoms with Crippen molar-refractivity contribution in [2.24, 2.45) is 5.84 Å². The fourth-order valence-corrected chi connectivity index (χ4v) is 1.66. The van der Waals surface area contributed by atoms with Crippen LogP contribution in [0.3, 0.4) is 0 Å². The minimum Gasteiger partial charge on any atom is -0.290 e. The Balaban J connectivity index is 3.05. The van der Waals surface area contributed by atoms with E-state index in [4.69, 9.17) is 17.4 Å². The molecule has 0 aliphatic heterocycles. The van der Waals surface area contributed by atoms with Crippen LogP contribution in [0.15, 0.2) is 23.1 Å². The normalized spacial score (nSPS) is 9.77. The van der Waals surface area contributed by atoms with Gasteiger partial charge in [0, 0.05) is 4.90 Å². The summed E-state index contributed by atoms with van der Waals surface area (Å²) in [7, 11) is 0. The molecule has 0 fully saturated rings. The van der Waals surface area contributed by atoms with Crippen molar-refractivity contribution >= 4 is 29.3 Å². The molecule has 5 heteroatoms. The Kier molecular flexibility index (Phi) is 3.59. The van der Waals surface area contributed by atoms with E-state index in [0.29, 0.717) is 10.6 Å². The molecule has 1 aromatic carbocycles. The van der Waals surface area contributed by atoms with E-state index in [1.54, 1.807) is 23.9 Å². The highest BCUT2D eigenvalue weighted by Crippen LogP contribution is 2.23. The van der Waals surface area contributed by atoms with Crippen LogP contribution in [0.5, 0.6) is 0 Å². The van der Waals surface area contributed by atoms with Crippen molar-refractivity contribution in [1.82, 2.24) is 5.43 Å². The lowest BCUT2D eigenvalue weighted by Crippen LogP contribution is -2.30. The number of nitrogens with two attached hydrogens (primary N) is 1. The molecule has 0 atom stereocenters. The number of nitrogens with one attached hydrogen (secondary N) is 1. The van der Waals surface area contributed by atoms with E-state index >= 15 is 0 Å². The van der Waals surface area contributed by atoms with E-state index in [0.717, 1.165) is 4.90 Å². The summed E-state index contributed by atoms with van der Waals surface area (Å²) in [6.45, 7) is 0. The third kappa shape index (κ3) is 2.37. The predicted octanol–water partition coefficient (Wildman–Crippen LogP) is 1.67. The Morgan fingerprint density at radius 3 is 2.77 bits per heavy atom. The molecule has 1 aromatic rings. The minimum atomic E-state index is -0.377. The van der Waals surface area contributed by atoms with E-state index in [-0.39, 0.29) is 5.91 Å². The standard InChI is InChI=1S/C8H9ClN2OS/c1-13-5-2-3-6(7(9)4-5)8(12)11-10/h2-4H,10H2,1H3,(H,11,12). The number of thioether (sulfide) groups is 1. The second kappa shape index (κ2) is 4.50. The lowest BCUT2D eigenvalue weighted by molar-refractivity contribution is 0.0954. The SMILES string of the molecule is CSc1ccc(C(=O)NN)c(Cl)c1. The van der Waals surface area contributed by atoms with Gasteiger partial charge >= 0.3 is 0 Å². The maximum Gasteiger partial charge on any atom is 0.266 e. The summed E-state index contributed by atoms with van der Waals surface area (Å²) in [5.74, 6) is 4.60. The smallest absolute Gasteiger partial charge is 0.266 e. The van der Waals surface area contributed by atoms with E-state index in [9.17, 15) is 4.79 Å². The lowest BCUT2D eigenvalue weighted by atomic mass is 10.2. The van der Waals surface area contributed by atoms with Gasteiger partial charge in [-0.25, -0.2) is 5.84 Å². The molecular weight excluding hydrogens is 208 g/mol. The highest BCUT2D eigenvalue weighted by atomic mass is 35.5. The zero-order chi connectivity index (χ0) is 9.84. The molecule has 0 saturated carbocycles. The molecule has 0 unspecified atom stereocenters. The molecule has 13 heavy (non-hydrogen) atoms. The molecule has 1 amide bonds. The Hall–Kier alpha value is -0.710. The summed E-state index contributed by atoms with van der Waals surface area (Å²) in [6.07, 6.45) is 1.94. The number of nitrogen functional groups attached to an aromatic ring is 1. The molecule has 0 aliphatic carbocycles. The fraction of sp³-hybridized carbons (Fsp3) is 0.125. The number of carbonyl (C=O) groups excluding carboxylic acids is 1. The van der Waals surface area contributed by atoms with Crippen molar-refractivity contribution in [3.63, 3.8) is 0 Å². The Morgan fingerprint density at radius 1 is 1.62 bits per heavy atom. The van der Waals surface area contributed by atoms with Gasteiger partial charge in [-0.05, 0) is 24.5 Å². The predicted molar refractivity (Wildman–Crippen MR) is 54.9 cm³/mol. The molecule has 3 N–H and O–H groups in total. The summed E-state index contributed by atoms with van der Waals surface area (Å²) in [4.78, 5) is 12.1. The van der Waals surface area contributed by atoms with Gasteiger partial charge in [-0.3, -0.25) is 10.2 Å². The van der Waals surface area contributed by atoms with Crippen LogP contribution in [0.2, 0.25) is 5.02 Å². The highest BCUT2D eigenvalue weighted by molar-refractivity contribution is 7.98. The Bertz CT molecular complexity index is 330. The van der Waals surface area contributed by atoms with Crippen molar-refractivity contribution in [3.05, 3.63) is 28.8 Å². The van der Waals surface area contributed by atoms with Crippen LogP contribution in [-0.2, 0) is 0 Å². The first-order valence-electron chi connectivity index (χ1n) is 3.53. The molecule has 0 aliphatic rings. The second-order valence-corrected chi connectivity index (χ2v) is 3.61. The number of hydrazine groups is 1. The van der Waals surface area contributed by atoms with Crippen LogP contribution in [0, 0.1) is 0 Å². The topological polar surface area (TPSA) is 55.1 Å². The third-order valence-corrected chi connectivity index (χ3v) is 2.59. The van der Waals surface area contributed by atoms with Crippen LogP contribution in [0.1, 0.15) is 10.4 Å². The van der Waals surface area contributed by atoms with Crippen LogP contribution in [0.25, 0.3) is 0 Å². The molecule has 0 aromatic heterocycles. The number of hydrogen-bond donors (Lipinski definition) is 2. The first-order valence-corrected chi connectivity index (χ1v) is 5.13. The summed E-state index contributed by atoms with van der Waals surface area (Å²) in [6, 6.07) is 5.20. The molecule has 0 spiro atoms. The van der Waals surface area contributed by atoms with E-state index in [1.807, 2.05) is 17.7 Å². The number of hydrogen-bond acceptors (Lipinski definition) is 3. The highest BCUT2D eigenvalue weighted by Gasteiger charge is 2.08. The number of rotatable bonds is 2. The first kappa shape index (κ1) is 10.4. The molecule has 0 saturated heterocycles. The first-order chi connectivity index (χ1) is 6.19. The van der Waals surface area contributed by atoms with Gasteiger partial charge < -0.3 is 0 Å². The maximum absolute atomic E-state index is 11.1. The maximum atomic E-state index is 11.1. The zero-order valence-corrected chi connectivity index (χ0v) is 8.58. The monoisotopic (exact) mass is 216 g/mol. The van der Waals surface area contributed by atoms with Gasteiger partial charge in [-0.15, -0.1) is 11.8 Å². The van der Waals surface area contributed by atoms with Gasteiger partial charge in [-0.2, -0.15) is 0 Å². The van der Waals surface area contributed by atoms with Gasteiger partial charge in [0.1, 0.15) is 0 Å². The molecule has 3 nitrogen and oxygen atoms in total. The summed E-state index contributed by atoms with van der Waals surface area (Å²) >= 11 is 7.42. The largest absolute Gasteiger partial charge is 0.290 e. The van der Waals surface area contributed by atoms with Crippen LogP contribution in [-0.4, -0.2) is 12.2 Å². The zero-order valence-electron chi connectivity index (χ0n) is 7.00. The molecule has 0 heterocycles. The van der Waals surface area contributed by atoms with Gasteiger partial charge in [0.25, 0.3) is 5.91 Å². The molecular formula is C8H9ClN2OS. The van der Waals surface area contributed by atoms with Gasteiger partial charge in [0.15, 0.2) is 0 Å². The molecule has 1 rings (SSSR count). The average molecular weight is 217 g/mol. The second-order valence-electron chi connectivity index (χ2n) is 2.32. The van der Waals surface area contributed by atoms with E-state index < -0.39 is 0 Å². The van der Waals surface area contributed by atoms with Gasteiger partial charge in [0.05, 0.1) is 10.6 Å². The Morgan fingerprint density at radius 2 is 2.31 bits per heavy atom. The van der Waals surface area contributed by atoms with Crippen LogP contribution >= 0.6 is 23.4 Å². The van der Waals surface area contributed by atoms with E-state index in [2.05, 4.69) is 0 Å². The molecule has 0 radical (unpaired) electrons. The number of halogens is 1. The number of amides is 1. The van der Waals surface area contributed by atoms with Crippen LogP contribution < -0.4 is 11.3 Å². The average Bonchev–Trinajstić information content (AvgIpc) is 2.16. The molecule has 0 bridgehead atoms. The summed E-state index contributed by atoms with van der Waals surface area (Å²) < 4.78 is 0. The van der Waals surface area contributed by atoms with Crippen molar-refractivity contribution in [3.8, 4) is 0 Å². The van der Waals surface area contributed by atoms with Crippen LogP contribution in [0.4, 0.5) is 0 Å². The minimum absolute atomic E-state index is 0.377. The Labute approximate surface area is 85.6 Å². The van der Waals surface area contributed by atoms with Crippen molar-refractivity contribution < 1.29 is 4.79 Å². The van der Waals surface area contributed by atoms with Crippen molar-refractivity contribution in [2.75, 3.05) is 6.26 Å². The van der Waals surface area contributed by atoms with Crippen molar-refractivity contribution in [2.45, 2.75) is 4.90 Å². The third-order valence-electron chi connectivity index (χ3n) is 1.55.